The highest BCUT2D eigenvalue weighted by molar-refractivity contribution is 5.67. The van der Waals surface area contributed by atoms with Crippen LogP contribution < -0.4 is 5.32 Å². The van der Waals surface area contributed by atoms with Crippen LogP contribution in [-0.4, -0.2) is 19.2 Å². The average molecular weight is 446 g/mol. The van der Waals surface area contributed by atoms with Gasteiger partial charge in [-0.1, -0.05) is 68.9 Å². The number of rotatable bonds is 14. The summed E-state index contributed by atoms with van der Waals surface area (Å²) in [5, 5.41) is 2.93. The fraction of sp³-hybridized carbons (Fsp3) is 0.759. The van der Waals surface area contributed by atoms with Crippen molar-refractivity contribution in [2.45, 2.75) is 112 Å². The summed E-state index contributed by atoms with van der Waals surface area (Å²) in [6, 6.07) is 0. The first-order valence-corrected chi connectivity index (χ1v) is 13.2. The van der Waals surface area contributed by atoms with Crippen LogP contribution in [0.1, 0.15) is 112 Å². The van der Waals surface area contributed by atoms with Crippen LogP contribution in [-0.2, 0) is 4.74 Å². The third-order valence-electron chi connectivity index (χ3n) is 7.10. The van der Waals surface area contributed by atoms with E-state index in [1.807, 2.05) is 6.08 Å². The Labute approximate surface area is 199 Å². The summed E-state index contributed by atoms with van der Waals surface area (Å²) < 4.78 is 5.31. The van der Waals surface area contributed by atoms with Gasteiger partial charge in [-0.2, -0.15) is 0 Å². The maximum absolute atomic E-state index is 11.8. The zero-order chi connectivity index (χ0) is 23.8. The predicted molar refractivity (Wildman–Crippen MR) is 139 cm³/mol. The molecule has 0 aromatic heterocycles. The van der Waals surface area contributed by atoms with Crippen LogP contribution in [0, 0.1) is 17.8 Å². The van der Waals surface area contributed by atoms with Crippen molar-refractivity contribution in [2.75, 3.05) is 13.2 Å². The molecule has 1 amide bonds. The second-order valence-electron chi connectivity index (χ2n) is 10.5. The Morgan fingerprint density at radius 2 is 1.44 bits per heavy atom. The normalized spacial score (nSPS) is 17.5. The van der Waals surface area contributed by atoms with Crippen LogP contribution in [0.4, 0.5) is 4.79 Å². The van der Waals surface area contributed by atoms with Gasteiger partial charge in [-0.25, -0.2) is 4.79 Å². The summed E-state index contributed by atoms with van der Waals surface area (Å²) in [4.78, 5) is 11.8. The van der Waals surface area contributed by atoms with Gasteiger partial charge in [0.25, 0.3) is 0 Å². The second-order valence-corrected chi connectivity index (χ2v) is 10.5. The molecule has 1 unspecified atom stereocenters. The van der Waals surface area contributed by atoms with Crippen molar-refractivity contribution in [3.8, 4) is 0 Å². The first kappa shape index (κ1) is 28.5. The highest BCUT2D eigenvalue weighted by Crippen LogP contribution is 2.23. The molecule has 3 heteroatoms. The molecule has 1 aliphatic carbocycles. The van der Waals surface area contributed by atoms with E-state index in [1.165, 1.54) is 61.7 Å². The number of carbonyl (C=O) groups excluding carboxylic acids is 1. The quantitative estimate of drug-likeness (QED) is 0.271. The van der Waals surface area contributed by atoms with Gasteiger partial charge >= 0.3 is 6.09 Å². The van der Waals surface area contributed by atoms with Crippen LogP contribution in [0.3, 0.4) is 0 Å². The lowest BCUT2D eigenvalue weighted by Crippen LogP contribution is -2.30. The van der Waals surface area contributed by atoms with Crippen LogP contribution in [0.15, 0.2) is 34.9 Å². The van der Waals surface area contributed by atoms with E-state index < -0.39 is 0 Å². The number of hydrogen-bond acceptors (Lipinski definition) is 2. The van der Waals surface area contributed by atoms with Crippen molar-refractivity contribution in [1.82, 2.24) is 5.32 Å². The van der Waals surface area contributed by atoms with Crippen molar-refractivity contribution in [1.29, 1.82) is 0 Å². The van der Waals surface area contributed by atoms with Crippen molar-refractivity contribution in [3.05, 3.63) is 34.9 Å². The number of amides is 1. The zero-order valence-electron chi connectivity index (χ0n) is 22.0. The van der Waals surface area contributed by atoms with Gasteiger partial charge in [0.1, 0.15) is 6.61 Å². The molecule has 0 spiro atoms. The van der Waals surface area contributed by atoms with Crippen LogP contribution in [0.25, 0.3) is 0 Å². The summed E-state index contributed by atoms with van der Waals surface area (Å²) in [6.07, 6.45) is 19.8. The molecular formula is C29H51NO2. The molecule has 1 saturated carbocycles. The zero-order valence-corrected chi connectivity index (χ0v) is 22.0. The van der Waals surface area contributed by atoms with Crippen LogP contribution >= 0.6 is 0 Å². The number of nitrogens with one attached hydrogen (secondary N) is 1. The Hall–Kier alpha value is -1.51. The Morgan fingerprint density at radius 1 is 0.875 bits per heavy atom. The van der Waals surface area contributed by atoms with E-state index in [0.29, 0.717) is 12.5 Å². The van der Waals surface area contributed by atoms with E-state index in [-0.39, 0.29) is 6.09 Å². The summed E-state index contributed by atoms with van der Waals surface area (Å²) in [5.74, 6) is 2.22. The average Bonchev–Trinajstić information content (AvgIpc) is 2.76. The molecule has 3 nitrogen and oxygen atoms in total. The summed E-state index contributed by atoms with van der Waals surface area (Å²) in [7, 11) is 0. The van der Waals surface area contributed by atoms with Gasteiger partial charge in [-0.05, 0) is 96.0 Å². The first-order chi connectivity index (χ1) is 15.3. The number of allylic oxidation sites excluding steroid dienone is 5. The molecule has 0 radical (unpaired) electrons. The Bertz CT molecular complexity index is 609. The molecule has 1 atom stereocenters. The molecule has 0 heterocycles. The lowest BCUT2D eigenvalue weighted by Gasteiger charge is -2.21. The van der Waals surface area contributed by atoms with E-state index in [4.69, 9.17) is 4.74 Å². The third kappa shape index (κ3) is 14.5. The number of carbonyl (C=O) groups is 1. The SMILES string of the molecule is CC(=CCCC(C)=CCOC(=O)NCC1CCCCC1)CCC=C(C)CCC(C)C(C)C. The Kier molecular flexibility index (Phi) is 15.2. The standard InChI is InChI=1S/C29H51NO2/c1-23(2)27(6)19-18-25(4)14-10-12-24(3)13-11-15-26(5)20-21-32-29(31)30-22-28-16-8-7-9-17-28/h13-14,20,23,27-28H,7-12,15-19,21-22H2,1-6H3,(H,30,31). The lowest BCUT2D eigenvalue weighted by atomic mass is 9.89. The van der Waals surface area contributed by atoms with E-state index in [9.17, 15) is 4.79 Å². The van der Waals surface area contributed by atoms with Gasteiger partial charge in [0.05, 0.1) is 0 Å². The van der Waals surface area contributed by atoms with Gasteiger partial charge in [-0.3, -0.25) is 0 Å². The van der Waals surface area contributed by atoms with Crippen LogP contribution in [0.5, 0.6) is 0 Å². The number of alkyl carbamates (subject to hydrolysis) is 1. The van der Waals surface area contributed by atoms with Gasteiger partial charge in [-0.15, -0.1) is 0 Å². The Balaban J connectivity index is 2.14. The molecule has 184 valence electrons. The topological polar surface area (TPSA) is 38.3 Å². The highest BCUT2D eigenvalue weighted by Gasteiger charge is 2.14. The molecule has 0 aromatic rings. The lowest BCUT2D eigenvalue weighted by molar-refractivity contribution is 0.155. The van der Waals surface area contributed by atoms with Crippen molar-refractivity contribution < 1.29 is 9.53 Å². The maximum Gasteiger partial charge on any atom is 0.407 e. The third-order valence-corrected chi connectivity index (χ3v) is 7.10. The number of hydrogen-bond donors (Lipinski definition) is 1. The van der Waals surface area contributed by atoms with Gasteiger partial charge in [0.2, 0.25) is 0 Å². The minimum absolute atomic E-state index is 0.280. The maximum atomic E-state index is 11.8. The van der Waals surface area contributed by atoms with E-state index in [1.54, 1.807) is 0 Å². The van der Waals surface area contributed by atoms with E-state index in [2.05, 4.69) is 59.0 Å². The molecule has 1 rings (SSSR count). The first-order valence-electron chi connectivity index (χ1n) is 13.2. The summed E-state index contributed by atoms with van der Waals surface area (Å²) in [5.41, 5.74) is 4.28. The summed E-state index contributed by atoms with van der Waals surface area (Å²) >= 11 is 0. The molecule has 0 bridgehead atoms. The highest BCUT2D eigenvalue weighted by atomic mass is 16.5. The van der Waals surface area contributed by atoms with E-state index >= 15 is 0 Å². The monoisotopic (exact) mass is 445 g/mol. The van der Waals surface area contributed by atoms with Gasteiger partial charge in [0.15, 0.2) is 0 Å². The van der Waals surface area contributed by atoms with Crippen molar-refractivity contribution in [2.24, 2.45) is 17.8 Å². The molecule has 0 saturated heterocycles. The predicted octanol–water partition coefficient (Wildman–Crippen LogP) is 8.76. The largest absolute Gasteiger partial charge is 0.445 e. The molecular weight excluding hydrogens is 394 g/mol. The molecule has 1 N–H and O–H groups in total. The number of ether oxygens (including phenoxy) is 1. The van der Waals surface area contributed by atoms with Crippen LogP contribution in [0.2, 0.25) is 0 Å². The summed E-state index contributed by atoms with van der Waals surface area (Å²) in [6.45, 7) is 14.8. The van der Waals surface area contributed by atoms with E-state index in [0.717, 1.165) is 44.1 Å². The van der Waals surface area contributed by atoms with Gasteiger partial charge < -0.3 is 10.1 Å². The molecule has 1 aliphatic rings. The second kappa shape index (κ2) is 17.0. The fourth-order valence-corrected chi connectivity index (χ4v) is 4.12. The van der Waals surface area contributed by atoms with Crippen molar-refractivity contribution >= 4 is 6.09 Å². The smallest absolute Gasteiger partial charge is 0.407 e. The fourth-order valence-electron chi connectivity index (χ4n) is 4.12. The minimum atomic E-state index is -0.280. The molecule has 0 aliphatic heterocycles. The minimum Gasteiger partial charge on any atom is -0.445 e. The molecule has 0 aromatic carbocycles. The van der Waals surface area contributed by atoms with Gasteiger partial charge in [0, 0.05) is 6.54 Å². The Morgan fingerprint density at radius 3 is 2.03 bits per heavy atom. The van der Waals surface area contributed by atoms with Crippen molar-refractivity contribution in [3.63, 3.8) is 0 Å². The molecule has 32 heavy (non-hydrogen) atoms. The molecule has 1 fully saturated rings.